The fourth-order valence-electron chi connectivity index (χ4n) is 4.34. The van der Waals surface area contributed by atoms with E-state index in [9.17, 15) is 4.79 Å². The zero-order valence-corrected chi connectivity index (χ0v) is 18.7. The Balaban J connectivity index is 1.19. The third kappa shape index (κ3) is 5.75. The van der Waals surface area contributed by atoms with Crippen molar-refractivity contribution in [1.29, 1.82) is 0 Å². The Morgan fingerprint density at radius 3 is 2.55 bits per heavy atom. The molecule has 2 N–H and O–H groups in total. The number of piperidine rings is 2. The van der Waals surface area contributed by atoms with Gasteiger partial charge in [0.15, 0.2) is 5.69 Å². The van der Waals surface area contributed by atoms with Gasteiger partial charge in [0.1, 0.15) is 5.76 Å². The van der Waals surface area contributed by atoms with Crippen molar-refractivity contribution in [1.82, 2.24) is 24.4 Å². The van der Waals surface area contributed by atoms with Crippen LogP contribution in [0.2, 0.25) is 0 Å². The first-order valence-electron chi connectivity index (χ1n) is 11.2. The predicted octanol–water partition coefficient (Wildman–Crippen LogP) is 3.16. The summed E-state index contributed by atoms with van der Waals surface area (Å²) >= 11 is 1.90. The molecular weight excluding hydrogens is 386 g/mol. The molecule has 3 fully saturated rings. The lowest BCUT2D eigenvalue weighted by Crippen LogP contribution is -2.48. The molecule has 1 aromatic heterocycles. The van der Waals surface area contributed by atoms with Crippen LogP contribution in [0.25, 0.3) is 0 Å². The molecule has 4 rings (SSSR count). The second kappa shape index (κ2) is 9.37. The third-order valence-electron chi connectivity index (χ3n) is 6.13. The van der Waals surface area contributed by atoms with E-state index in [2.05, 4.69) is 45.2 Å². The summed E-state index contributed by atoms with van der Waals surface area (Å²) in [6.07, 6.45) is 6.67. The highest BCUT2D eigenvalue weighted by Gasteiger charge is 2.32. The summed E-state index contributed by atoms with van der Waals surface area (Å²) in [7, 11) is 0. The Hall–Kier alpha value is -1.09. The predicted molar refractivity (Wildman–Crippen MR) is 116 cm³/mol. The molecule has 3 aliphatic rings. The number of amides is 1. The standard InChI is InChI=1S/C21H35N5O2S/c1-14(2)22-17-6-9-25(10-7-17)29-26-11-8-18(12-15(26)3)23-21(27)19-13-20(28-24-19)16-4-5-16/h13-18,22H,4-12H2,1-3H3,(H,23,27). The van der Waals surface area contributed by atoms with Gasteiger partial charge in [0.05, 0.1) is 0 Å². The maximum absolute atomic E-state index is 12.5. The molecule has 7 nitrogen and oxygen atoms in total. The Morgan fingerprint density at radius 2 is 1.90 bits per heavy atom. The molecule has 0 aromatic carbocycles. The van der Waals surface area contributed by atoms with Crippen molar-refractivity contribution in [2.24, 2.45) is 0 Å². The highest BCUT2D eigenvalue weighted by Crippen LogP contribution is 2.40. The van der Waals surface area contributed by atoms with E-state index in [1.807, 2.05) is 18.2 Å². The lowest BCUT2D eigenvalue weighted by molar-refractivity contribution is 0.0906. The van der Waals surface area contributed by atoms with Gasteiger partial charge in [-0.15, -0.1) is 0 Å². The largest absolute Gasteiger partial charge is 0.360 e. The molecule has 29 heavy (non-hydrogen) atoms. The lowest BCUT2D eigenvalue weighted by Gasteiger charge is -2.41. The quantitative estimate of drug-likeness (QED) is 0.655. The van der Waals surface area contributed by atoms with Crippen LogP contribution in [0, 0.1) is 0 Å². The molecular formula is C21H35N5O2S. The molecule has 3 heterocycles. The van der Waals surface area contributed by atoms with Gasteiger partial charge in [-0.2, -0.15) is 0 Å². The van der Waals surface area contributed by atoms with Gasteiger partial charge in [-0.05, 0) is 45.4 Å². The van der Waals surface area contributed by atoms with Crippen molar-refractivity contribution in [2.75, 3.05) is 19.6 Å². The van der Waals surface area contributed by atoms with Crippen molar-refractivity contribution < 1.29 is 9.32 Å². The molecule has 2 saturated heterocycles. The summed E-state index contributed by atoms with van der Waals surface area (Å²) < 4.78 is 10.3. The van der Waals surface area contributed by atoms with Crippen molar-refractivity contribution in [2.45, 2.75) is 89.4 Å². The molecule has 0 bridgehead atoms. The minimum absolute atomic E-state index is 0.0984. The van der Waals surface area contributed by atoms with Crippen molar-refractivity contribution in [3.8, 4) is 0 Å². The first-order chi connectivity index (χ1) is 14.0. The normalized spacial score (nSPS) is 27.4. The zero-order chi connectivity index (χ0) is 20.4. The summed E-state index contributed by atoms with van der Waals surface area (Å²) in [5, 5.41) is 10.8. The second-order valence-corrected chi connectivity index (χ2v) is 10.3. The molecule has 2 unspecified atom stereocenters. The number of hydrogen-bond acceptors (Lipinski definition) is 7. The van der Waals surface area contributed by atoms with Crippen LogP contribution in [0.1, 0.15) is 81.5 Å². The van der Waals surface area contributed by atoms with E-state index in [1.54, 1.807) is 0 Å². The summed E-state index contributed by atoms with van der Waals surface area (Å²) in [4.78, 5) is 12.5. The highest BCUT2D eigenvalue weighted by atomic mass is 32.2. The van der Waals surface area contributed by atoms with E-state index in [4.69, 9.17) is 4.52 Å². The molecule has 1 aliphatic carbocycles. The van der Waals surface area contributed by atoms with Crippen molar-refractivity contribution in [3.05, 3.63) is 17.5 Å². The van der Waals surface area contributed by atoms with Gasteiger partial charge >= 0.3 is 0 Å². The number of rotatable bonds is 7. The average molecular weight is 422 g/mol. The van der Waals surface area contributed by atoms with Gasteiger partial charge in [-0.1, -0.05) is 19.0 Å². The molecule has 1 amide bonds. The minimum Gasteiger partial charge on any atom is -0.360 e. The topological polar surface area (TPSA) is 73.6 Å². The van der Waals surface area contributed by atoms with Gasteiger partial charge in [0.25, 0.3) is 5.91 Å². The maximum atomic E-state index is 12.5. The van der Waals surface area contributed by atoms with E-state index in [0.717, 1.165) is 51.1 Å². The smallest absolute Gasteiger partial charge is 0.273 e. The zero-order valence-electron chi connectivity index (χ0n) is 17.9. The van der Waals surface area contributed by atoms with Crippen LogP contribution >= 0.6 is 12.1 Å². The summed E-state index contributed by atoms with van der Waals surface area (Å²) in [6.45, 7) is 9.97. The Bertz CT molecular complexity index is 684. The molecule has 0 spiro atoms. The number of carbonyl (C=O) groups excluding carboxylic acids is 1. The van der Waals surface area contributed by atoms with Crippen LogP contribution in [0.15, 0.2) is 10.6 Å². The van der Waals surface area contributed by atoms with E-state index in [-0.39, 0.29) is 11.9 Å². The fourth-order valence-corrected chi connectivity index (χ4v) is 5.45. The Labute approximate surface area is 178 Å². The van der Waals surface area contributed by atoms with E-state index in [1.165, 1.54) is 12.8 Å². The molecule has 2 atom stereocenters. The average Bonchev–Trinajstić information content (AvgIpc) is 3.41. The minimum atomic E-state index is -0.0984. The molecule has 2 aliphatic heterocycles. The van der Waals surface area contributed by atoms with Crippen LogP contribution in [-0.4, -0.2) is 63.5 Å². The van der Waals surface area contributed by atoms with Crippen LogP contribution in [0.4, 0.5) is 0 Å². The molecule has 0 radical (unpaired) electrons. The maximum Gasteiger partial charge on any atom is 0.273 e. The van der Waals surface area contributed by atoms with Crippen molar-refractivity contribution >= 4 is 18.0 Å². The van der Waals surface area contributed by atoms with Gasteiger partial charge < -0.3 is 15.2 Å². The SMILES string of the molecule is CC(C)NC1CCN(SN2CCC(NC(=O)c3cc(C4CC4)on3)CC2C)CC1. The van der Waals surface area contributed by atoms with Crippen LogP contribution in [0.5, 0.6) is 0 Å². The number of hydrogen-bond donors (Lipinski definition) is 2. The summed E-state index contributed by atoms with van der Waals surface area (Å²) in [5.41, 5.74) is 0.425. The first-order valence-corrected chi connectivity index (χ1v) is 11.9. The molecule has 1 saturated carbocycles. The highest BCUT2D eigenvalue weighted by molar-refractivity contribution is 7.94. The fraction of sp³-hybridized carbons (Fsp3) is 0.810. The van der Waals surface area contributed by atoms with E-state index in [0.29, 0.717) is 29.7 Å². The Kier molecular flexibility index (Phi) is 6.83. The summed E-state index contributed by atoms with van der Waals surface area (Å²) in [5.74, 6) is 1.25. The number of aromatic nitrogens is 1. The molecule has 1 aromatic rings. The number of nitrogens with one attached hydrogen (secondary N) is 2. The van der Waals surface area contributed by atoms with Gasteiger partial charge in [0, 0.05) is 67.9 Å². The van der Waals surface area contributed by atoms with Gasteiger partial charge in [0.2, 0.25) is 0 Å². The lowest BCUT2D eigenvalue weighted by atomic mass is 10.0. The Morgan fingerprint density at radius 1 is 1.17 bits per heavy atom. The second-order valence-electron chi connectivity index (χ2n) is 9.18. The third-order valence-corrected chi connectivity index (χ3v) is 7.48. The van der Waals surface area contributed by atoms with Crippen molar-refractivity contribution in [3.63, 3.8) is 0 Å². The van der Waals surface area contributed by atoms with Crippen LogP contribution in [0.3, 0.4) is 0 Å². The molecule has 162 valence electrons. The van der Waals surface area contributed by atoms with Gasteiger partial charge in [-0.25, -0.2) is 8.61 Å². The summed E-state index contributed by atoms with van der Waals surface area (Å²) in [6, 6.07) is 3.67. The van der Waals surface area contributed by atoms with Crippen LogP contribution < -0.4 is 10.6 Å². The number of nitrogens with zero attached hydrogens (tertiary/aromatic N) is 3. The van der Waals surface area contributed by atoms with Crippen LogP contribution in [-0.2, 0) is 0 Å². The van der Waals surface area contributed by atoms with E-state index >= 15 is 0 Å². The first kappa shape index (κ1) is 21.2. The van der Waals surface area contributed by atoms with Gasteiger partial charge in [-0.3, -0.25) is 4.79 Å². The number of carbonyl (C=O) groups is 1. The monoisotopic (exact) mass is 421 g/mol. The van der Waals surface area contributed by atoms with E-state index < -0.39 is 0 Å². The molecule has 8 heteroatoms.